The second kappa shape index (κ2) is 6.53. The van der Waals surface area contributed by atoms with E-state index in [1.807, 2.05) is 17.5 Å². The smallest absolute Gasteiger partial charge is 0.415 e. The van der Waals surface area contributed by atoms with E-state index in [1.165, 1.54) is 11.9 Å². The zero-order valence-corrected chi connectivity index (χ0v) is 13.9. The lowest BCUT2D eigenvalue weighted by Crippen LogP contribution is -2.37. The summed E-state index contributed by atoms with van der Waals surface area (Å²) in [5.74, 6) is 1.32. The molecular formula is C14H16N4O2S2. The third-order valence-electron chi connectivity index (χ3n) is 3.30. The molecule has 2 aromatic rings. The van der Waals surface area contributed by atoms with Gasteiger partial charge in [0.05, 0.1) is 10.3 Å². The van der Waals surface area contributed by atoms with Crippen LogP contribution in [0.5, 0.6) is 0 Å². The van der Waals surface area contributed by atoms with E-state index in [4.69, 9.17) is 4.74 Å². The second-order valence-corrected chi connectivity index (χ2v) is 7.19. The quantitative estimate of drug-likeness (QED) is 0.841. The Morgan fingerprint density at radius 1 is 1.50 bits per heavy atom. The Labute approximate surface area is 137 Å². The van der Waals surface area contributed by atoms with Crippen molar-refractivity contribution in [3.8, 4) is 0 Å². The number of anilines is 2. The summed E-state index contributed by atoms with van der Waals surface area (Å²) in [4.78, 5) is 22.2. The molecule has 1 unspecified atom stereocenters. The Kier molecular flexibility index (Phi) is 4.49. The fourth-order valence-electron chi connectivity index (χ4n) is 2.14. The zero-order chi connectivity index (χ0) is 15.5. The fraction of sp³-hybridized carbons (Fsp3) is 0.357. The summed E-state index contributed by atoms with van der Waals surface area (Å²) in [5, 5.41) is 2.01. The van der Waals surface area contributed by atoms with Gasteiger partial charge in [-0.15, -0.1) is 11.3 Å². The Morgan fingerprint density at radius 2 is 2.36 bits per heavy atom. The molecule has 1 saturated heterocycles. The highest BCUT2D eigenvalue weighted by Crippen LogP contribution is 2.27. The second-order valence-electron chi connectivity index (χ2n) is 5.13. The summed E-state index contributed by atoms with van der Waals surface area (Å²) >= 11 is 3.08. The number of carbonyl (C=O) groups is 1. The predicted molar refractivity (Wildman–Crippen MR) is 88.3 cm³/mol. The first kappa shape index (κ1) is 15.1. The van der Waals surface area contributed by atoms with Crippen molar-refractivity contribution in [2.75, 3.05) is 16.2 Å². The van der Waals surface area contributed by atoms with Crippen LogP contribution in [0.25, 0.3) is 0 Å². The minimum atomic E-state index is -0.353. The molecule has 1 atom stereocenters. The maximum atomic E-state index is 12.0. The Hall–Kier alpha value is -1.80. The number of amides is 1. The van der Waals surface area contributed by atoms with Crippen LogP contribution in [0, 0.1) is 5.92 Å². The maximum Gasteiger partial charge on any atom is 0.415 e. The van der Waals surface area contributed by atoms with Gasteiger partial charge in [-0.05, 0) is 35.4 Å². The van der Waals surface area contributed by atoms with Crippen LogP contribution in [-0.2, 0) is 4.74 Å². The molecule has 0 spiro atoms. The average Bonchev–Trinajstić information content (AvgIpc) is 3.14. The van der Waals surface area contributed by atoms with Gasteiger partial charge in [0.25, 0.3) is 0 Å². The number of carbonyl (C=O) groups excluding carboxylic acids is 1. The van der Waals surface area contributed by atoms with Crippen LogP contribution in [0.3, 0.4) is 0 Å². The predicted octanol–water partition coefficient (Wildman–Crippen LogP) is 3.64. The normalized spacial score (nSPS) is 17.9. The van der Waals surface area contributed by atoms with E-state index in [-0.39, 0.29) is 12.1 Å². The molecular weight excluding hydrogens is 320 g/mol. The third kappa shape index (κ3) is 3.17. The highest BCUT2D eigenvalue weighted by Gasteiger charge is 2.37. The van der Waals surface area contributed by atoms with Gasteiger partial charge in [0, 0.05) is 6.20 Å². The van der Waals surface area contributed by atoms with Crippen molar-refractivity contribution in [1.82, 2.24) is 9.97 Å². The number of thiophene rings is 1. The summed E-state index contributed by atoms with van der Waals surface area (Å²) in [5.41, 5.74) is 0. The topological polar surface area (TPSA) is 67.3 Å². The Bertz CT molecular complexity index is 648. The van der Waals surface area contributed by atoms with Gasteiger partial charge in [-0.3, -0.25) is 9.62 Å². The molecule has 22 heavy (non-hydrogen) atoms. The lowest BCUT2D eigenvalue weighted by Gasteiger charge is -2.23. The molecule has 1 amide bonds. The SMILES string of the molecule is CC(C)C1COC(=O)N1c1ccnc(NSc2cccs2)n1. The average molecular weight is 336 g/mol. The molecule has 0 radical (unpaired) electrons. The number of nitrogens with one attached hydrogen (secondary N) is 1. The van der Waals surface area contributed by atoms with Gasteiger partial charge < -0.3 is 4.74 Å². The zero-order valence-electron chi connectivity index (χ0n) is 12.2. The molecule has 1 aliphatic heterocycles. The van der Waals surface area contributed by atoms with Crippen LogP contribution in [0.4, 0.5) is 16.6 Å². The van der Waals surface area contributed by atoms with Crippen LogP contribution in [0.2, 0.25) is 0 Å². The Balaban J connectivity index is 1.76. The van der Waals surface area contributed by atoms with E-state index >= 15 is 0 Å². The summed E-state index contributed by atoms with van der Waals surface area (Å²) in [6.07, 6.45) is 1.29. The molecule has 6 nitrogen and oxygen atoms in total. The van der Waals surface area contributed by atoms with Crippen LogP contribution in [-0.4, -0.2) is 28.7 Å². The van der Waals surface area contributed by atoms with Crippen molar-refractivity contribution in [3.05, 3.63) is 29.8 Å². The molecule has 116 valence electrons. The Morgan fingerprint density at radius 3 is 3.09 bits per heavy atom. The highest BCUT2D eigenvalue weighted by molar-refractivity contribution is 8.02. The van der Waals surface area contributed by atoms with E-state index < -0.39 is 0 Å². The number of nitrogens with zero attached hydrogens (tertiary/aromatic N) is 3. The molecule has 0 bridgehead atoms. The van der Waals surface area contributed by atoms with E-state index in [9.17, 15) is 4.79 Å². The minimum absolute atomic E-state index is 0.000184. The van der Waals surface area contributed by atoms with Gasteiger partial charge in [0.2, 0.25) is 5.95 Å². The molecule has 1 N–H and O–H groups in total. The summed E-state index contributed by atoms with van der Waals surface area (Å²) in [6.45, 7) is 4.52. The molecule has 3 rings (SSSR count). The van der Waals surface area contributed by atoms with Crippen molar-refractivity contribution < 1.29 is 9.53 Å². The van der Waals surface area contributed by atoms with Crippen LogP contribution in [0.1, 0.15) is 13.8 Å². The summed E-state index contributed by atoms with van der Waals surface area (Å²) < 4.78 is 9.37. The number of cyclic esters (lactones) is 1. The lowest BCUT2D eigenvalue weighted by molar-refractivity contribution is 0.177. The molecule has 0 aliphatic carbocycles. The highest BCUT2D eigenvalue weighted by atomic mass is 32.2. The molecule has 2 aromatic heterocycles. The van der Waals surface area contributed by atoms with Crippen LogP contribution < -0.4 is 9.62 Å². The maximum absolute atomic E-state index is 12.0. The lowest BCUT2D eigenvalue weighted by atomic mass is 10.0. The first-order valence-electron chi connectivity index (χ1n) is 6.90. The number of rotatable bonds is 5. The van der Waals surface area contributed by atoms with Gasteiger partial charge in [-0.2, -0.15) is 4.98 Å². The standard InChI is InChI=1S/C14H16N4O2S2/c1-9(2)10-8-20-14(19)18(10)11-5-6-15-13(16-11)17-22-12-4-3-7-21-12/h3-7,9-10H,8H2,1-2H3,(H,15,16,17). The monoisotopic (exact) mass is 336 g/mol. The number of hydrogen-bond acceptors (Lipinski definition) is 7. The van der Waals surface area contributed by atoms with Gasteiger partial charge in [-0.25, -0.2) is 9.78 Å². The molecule has 1 aliphatic rings. The molecule has 0 saturated carbocycles. The van der Waals surface area contributed by atoms with Crippen LogP contribution >= 0.6 is 23.3 Å². The number of aromatic nitrogens is 2. The van der Waals surface area contributed by atoms with E-state index in [2.05, 4.69) is 28.5 Å². The van der Waals surface area contributed by atoms with E-state index in [0.717, 1.165) is 4.21 Å². The molecule has 8 heteroatoms. The van der Waals surface area contributed by atoms with E-state index in [0.29, 0.717) is 24.3 Å². The van der Waals surface area contributed by atoms with Crippen molar-refractivity contribution in [2.24, 2.45) is 5.92 Å². The van der Waals surface area contributed by atoms with Gasteiger partial charge in [0.1, 0.15) is 12.4 Å². The summed E-state index contributed by atoms with van der Waals surface area (Å²) in [7, 11) is 0. The largest absolute Gasteiger partial charge is 0.447 e. The summed E-state index contributed by atoms with van der Waals surface area (Å²) in [6, 6.07) is 5.72. The molecule has 0 aromatic carbocycles. The molecule has 1 fully saturated rings. The third-order valence-corrected chi connectivity index (χ3v) is 5.12. The number of ether oxygens (including phenoxy) is 1. The van der Waals surface area contributed by atoms with Crippen molar-refractivity contribution >= 4 is 41.1 Å². The fourth-order valence-corrected chi connectivity index (χ4v) is 3.51. The minimum Gasteiger partial charge on any atom is -0.447 e. The first-order valence-corrected chi connectivity index (χ1v) is 8.60. The van der Waals surface area contributed by atoms with Gasteiger partial charge in [-0.1, -0.05) is 19.9 Å². The van der Waals surface area contributed by atoms with Gasteiger partial charge >= 0.3 is 6.09 Å². The number of hydrogen-bond donors (Lipinski definition) is 1. The molecule has 3 heterocycles. The van der Waals surface area contributed by atoms with Crippen LogP contribution in [0.15, 0.2) is 34.0 Å². The van der Waals surface area contributed by atoms with Crippen molar-refractivity contribution in [1.29, 1.82) is 0 Å². The van der Waals surface area contributed by atoms with Gasteiger partial charge in [0.15, 0.2) is 0 Å². The first-order chi connectivity index (χ1) is 10.6. The van der Waals surface area contributed by atoms with Crippen molar-refractivity contribution in [3.63, 3.8) is 0 Å². The van der Waals surface area contributed by atoms with Crippen molar-refractivity contribution in [2.45, 2.75) is 24.1 Å². The van der Waals surface area contributed by atoms with E-state index in [1.54, 1.807) is 28.5 Å².